The minimum atomic E-state index is -0.525. The second-order valence-electron chi connectivity index (χ2n) is 3.12. The molecule has 0 aliphatic heterocycles. The lowest BCUT2D eigenvalue weighted by atomic mass is 10.1. The number of nitrogens with one attached hydrogen (secondary N) is 1. The molecule has 0 atom stereocenters. The van der Waals surface area contributed by atoms with Crippen molar-refractivity contribution < 1.29 is 4.79 Å². The fourth-order valence-corrected chi connectivity index (χ4v) is 1.03. The Kier molecular flexibility index (Phi) is 4.53. The monoisotopic (exact) mass is 205 g/mol. The zero-order chi connectivity index (χ0) is 11.1. The van der Waals surface area contributed by atoms with E-state index in [2.05, 4.69) is 5.32 Å². The van der Waals surface area contributed by atoms with Crippen molar-refractivity contribution in [2.45, 2.75) is 6.17 Å². The van der Waals surface area contributed by atoms with Crippen LogP contribution in [0.15, 0.2) is 48.1 Å². The molecule has 0 saturated heterocycles. The molecule has 1 amide bonds. The molecular formula is C11H15N3O. The molecular weight excluding hydrogens is 190 g/mol. The lowest BCUT2D eigenvalue weighted by Crippen LogP contribution is -2.43. The number of carbonyl (C=O) groups excluding carboxylic acids is 1. The van der Waals surface area contributed by atoms with Crippen LogP contribution in [0.3, 0.4) is 0 Å². The van der Waals surface area contributed by atoms with Gasteiger partial charge in [-0.1, -0.05) is 30.4 Å². The molecule has 1 aliphatic carbocycles. The maximum absolute atomic E-state index is 11.6. The van der Waals surface area contributed by atoms with Gasteiger partial charge >= 0.3 is 0 Å². The lowest BCUT2D eigenvalue weighted by Gasteiger charge is -2.08. The highest BCUT2D eigenvalue weighted by Gasteiger charge is 2.05. The van der Waals surface area contributed by atoms with Crippen molar-refractivity contribution in [2.75, 3.05) is 6.54 Å². The topological polar surface area (TPSA) is 81.1 Å². The van der Waals surface area contributed by atoms with Gasteiger partial charge in [-0.15, -0.1) is 0 Å². The third-order valence-electron chi connectivity index (χ3n) is 1.76. The summed E-state index contributed by atoms with van der Waals surface area (Å²) in [6, 6.07) is 0. The number of allylic oxidation sites excluding steroid dienone is 6. The molecule has 0 aromatic rings. The van der Waals surface area contributed by atoms with E-state index < -0.39 is 6.17 Å². The molecule has 15 heavy (non-hydrogen) atoms. The second kappa shape index (κ2) is 5.95. The van der Waals surface area contributed by atoms with Gasteiger partial charge in [-0.25, -0.2) is 0 Å². The van der Waals surface area contributed by atoms with Crippen molar-refractivity contribution in [1.82, 2.24) is 5.32 Å². The zero-order valence-electron chi connectivity index (χ0n) is 8.39. The maximum Gasteiger partial charge on any atom is 0.251 e. The number of amides is 1. The second-order valence-corrected chi connectivity index (χ2v) is 3.12. The lowest BCUT2D eigenvalue weighted by molar-refractivity contribution is -0.117. The predicted molar refractivity (Wildman–Crippen MR) is 60.7 cm³/mol. The molecule has 0 saturated carbocycles. The average Bonchev–Trinajstić information content (AvgIpc) is 2.13. The van der Waals surface area contributed by atoms with E-state index in [4.69, 9.17) is 11.5 Å². The molecule has 0 unspecified atom stereocenters. The van der Waals surface area contributed by atoms with E-state index in [0.717, 1.165) is 0 Å². The molecule has 0 fully saturated rings. The summed E-state index contributed by atoms with van der Waals surface area (Å²) in [5.41, 5.74) is 11.2. The van der Waals surface area contributed by atoms with Crippen molar-refractivity contribution in [2.24, 2.45) is 11.5 Å². The van der Waals surface area contributed by atoms with E-state index in [1.165, 1.54) is 0 Å². The van der Waals surface area contributed by atoms with Crippen molar-refractivity contribution in [3.63, 3.8) is 0 Å². The number of hydrogen-bond acceptors (Lipinski definition) is 3. The van der Waals surface area contributed by atoms with Gasteiger partial charge in [-0.2, -0.15) is 0 Å². The number of hydrogen-bond donors (Lipinski definition) is 3. The molecule has 0 aromatic heterocycles. The van der Waals surface area contributed by atoms with Crippen molar-refractivity contribution in [3.8, 4) is 0 Å². The van der Waals surface area contributed by atoms with E-state index in [-0.39, 0.29) is 12.5 Å². The minimum absolute atomic E-state index is 0.174. The average molecular weight is 205 g/mol. The Balaban J connectivity index is 2.58. The fourth-order valence-electron chi connectivity index (χ4n) is 1.03. The molecule has 4 heteroatoms. The van der Waals surface area contributed by atoms with Gasteiger partial charge in [-0.05, 0) is 12.2 Å². The number of nitrogens with two attached hydrogens (primary N) is 2. The van der Waals surface area contributed by atoms with E-state index in [1.807, 2.05) is 18.2 Å². The molecule has 1 aliphatic rings. The summed E-state index contributed by atoms with van der Waals surface area (Å²) < 4.78 is 0. The highest BCUT2D eigenvalue weighted by atomic mass is 16.1. The van der Waals surface area contributed by atoms with E-state index in [9.17, 15) is 4.79 Å². The number of carbonyl (C=O) groups is 1. The Morgan fingerprint density at radius 1 is 1.20 bits per heavy atom. The molecule has 0 aromatic carbocycles. The minimum Gasteiger partial charge on any atom is -0.349 e. The van der Waals surface area contributed by atoms with Gasteiger partial charge < -0.3 is 16.8 Å². The van der Waals surface area contributed by atoms with E-state index in [1.54, 1.807) is 24.3 Å². The summed E-state index contributed by atoms with van der Waals surface area (Å²) in [7, 11) is 0. The van der Waals surface area contributed by atoms with Crippen LogP contribution in [0.5, 0.6) is 0 Å². The Labute approximate surface area is 89.0 Å². The van der Waals surface area contributed by atoms with Crippen LogP contribution < -0.4 is 16.8 Å². The molecule has 0 spiro atoms. The molecule has 0 bridgehead atoms. The van der Waals surface area contributed by atoms with Crippen molar-refractivity contribution in [1.29, 1.82) is 0 Å². The van der Waals surface area contributed by atoms with Crippen LogP contribution in [0.1, 0.15) is 0 Å². The molecule has 4 nitrogen and oxygen atoms in total. The third kappa shape index (κ3) is 4.39. The molecule has 0 radical (unpaired) electrons. The van der Waals surface area contributed by atoms with Gasteiger partial charge in [0.15, 0.2) is 0 Å². The Morgan fingerprint density at radius 3 is 2.60 bits per heavy atom. The summed E-state index contributed by atoms with van der Waals surface area (Å²) in [5.74, 6) is -0.174. The Bertz CT molecular complexity index is 338. The first-order chi connectivity index (χ1) is 7.20. The Hall–Kier alpha value is -1.65. The van der Waals surface area contributed by atoms with Crippen LogP contribution in [-0.2, 0) is 4.79 Å². The third-order valence-corrected chi connectivity index (χ3v) is 1.76. The van der Waals surface area contributed by atoms with Crippen molar-refractivity contribution >= 4 is 5.91 Å². The molecule has 80 valence electrons. The summed E-state index contributed by atoms with van der Waals surface area (Å²) in [6.45, 7) is 0.267. The largest absolute Gasteiger partial charge is 0.349 e. The first kappa shape index (κ1) is 11.4. The summed E-state index contributed by atoms with van der Waals surface area (Å²) >= 11 is 0. The summed E-state index contributed by atoms with van der Waals surface area (Å²) in [4.78, 5) is 11.6. The quantitative estimate of drug-likeness (QED) is 0.565. The highest BCUT2D eigenvalue weighted by Crippen LogP contribution is 2.01. The zero-order valence-corrected chi connectivity index (χ0v) is 8.39. The molecule has 5 N–H and O–H groups in total. The summed E-state index contributed by atoms with van der Waals surface area (Å²) in [6.07, 6.45) is 12.1. The molecule has 0 heterocycles. The van der Waals surface area contributed by atoms with E-state index in [0.29, 0.717) is 5.57 Å². The fraction of sp³-hybridized carbons (Fsp3) is 0.182. The first-order valence-corrected chi connectivity index (χ1v) is 4.71. The smallest absolute Gasteiger partial charge is 0.251 e. The highest BCUT2D eigenvalue weighted by molar-refractivity contribution is 5.96. The van der Waals surface area contributed by atoms with Gasteiger partial charge in [-0.3, -0.25) is 4.79 Å². The standard InChI is InChI=1S/C11H15N3O/c12-10(13)8-14-11(15)9-6-4-2-1-3-5-7-9/h1-7,10H,8,12-13H2,(H,14,15)/b2-1-,3-1?,4-2?,5-3-,6-4?,7-5?,9-6?,9-7?. The van der Waals surface area contributed by atoms with Crippen LogP contribution in [-0.4, -0.2) is 18.6 Å². The Morgan fingerprint density at radius 2 is 1.87 bits per heavy atom. The van der Waals surface area contributed by atoms with Crippen LogP contribution in [0, 0.1) is 0 Å². The van der Waals surface area contributed by atoms with E-state index >= 15 is 0 Å². The van der Waals surface area contributed by atoms with Gasteiger partial charge in [0.25, 0.3) is 5.91 Å². The number of rotatable bonds is 3. The SMILES string of the molecule is NC(N)CNC(=O)C1=C/C=C\C=C/C=C1. The predicted octanol–water partition coefficient (Wildman–Crippen LogP) is -0.0453. The van der Waals surface area contributed by atoms with Crippen LogP contribution in [0.4, 0.5) is 0 Å². The van der Waals surface area contributed by atoms with Crippen molar-refractivity contribution in [3.05, 3.63) is 48.1 Å². The van der Waals surface area contributed by atoms with Crippen LogP contribution >= 0.6 is 0 Å². The normalized spacial score (nSPS) is 19.0. The van der Waals surface area contributed by atoms with Gasteiger partial charge in [0.2, 0.25) is 0 Å². The molecule has 1 rings (SSSR count). The van der Waals surface area contributed by atoms with Crippen LogP contribution in [0.25, 0.3) is 0 Å². The summed E-state index contributed by atoms with van der Waals surface area (Å²) in [5, 5.41) is 2.63. The van der Waals surface area contributed by atoms with Gasteiger partial charge in [0.1, 0.15) is 0 Å². The van der Waals surface area contributed by atoms with Gasteiger partial charge in [0.05, 0.1) is 6.17 Å². The first-order valence-electron chi connectivity index (χ1n) is 4.71. The van der Waals surface area contributed by atoms with Gasteiger partial charge in [0, 0.05) is 12.1 Å². The van der Waals surface area contributed by atoms with Crippen LogP contribution in [0.2, 0.25) is 0 Å². The maximum atomic E-state index is 11.6.